The Labute approximate surface area is 220 Å². The van der Waals surface area contributed by atoms with Crippen LogP contribution in [0.1, 0.15) is 45.2 Å². The standard InChI is InChI=1S/C25H28N2O8S2/c1-24(2)11-25(3,4)37(29)27-10-15-8-17(31-6)21-23(35-13-33-21)19(15)18-14(9-26-36(24)28)7-16(30-5)20-22(18)34-12-32-20/h7-10H,11-13H2,1-6H3/t36-,37-/m1/s1. The van der Waals surface area contributed by atoms with Crippen molar-refractivity contribution in [2.45, 2.75) is 43.6 Å². The van der Waals surface area contributed by atoms with Gasteiger partial charge in [-0.15, -0.1) is 0 Å². The fourth-order valence-corrected chi connectivity index (χ4v) is 6.83. The van der Waals surface area contributed by atoms with Crippen LogP contribution in [-0.2, 0) is 22.0 Å². The van der Waals surface area contributed by atoms with Gasteiger partial charge in [0.1, 0.15) is 22.0 Å². The zero-order chi connectivity index (χ0) is 26.5. The maximum absolute atomic E-state index is 13.4. The summed E-state index contributed by atoms with van der Waals surface area (Å²) in [7, 11) is -0.267. The molecule has 0 aromatic heterocycles. The van der Waals surface area contributed by atoms with E-state index >= 15 is 0 Å². The van der Waals surface area contributed by atoms with Gasteiger partial charge in [0.25, 0.3) is 0 Å². The molecule has 0 bridgehead atoms. The third-order valence-corrected chi connectivity index (χ3v) is 9.11. The Morgan fingerprint density at radius 1 is 0.703 bits per heavy atom. The van der Waals surface area contributed by atoms with Crippen LogP contribution >= 0.6 is 0 Å². The third kappa shape index (κ3) is 4.35. The van der Waals surface area contributed by atoms with E-state index in [9.17, 15) is 8.42 Å². The fourth-order valence-electron chi connectivity index (χ4n) is 4.78. The molecule has 2 atom stereocenters. The number of hydrogen-bond donors (Lipinski definition) is 0. The van der Waals surface area contributed by atoms with Crippen LogP contribution in [0.5, 0.6) is 34.5 Å². The van der Waals surface area contributed by atoms with E-state index in [1.54, 1.807) is 12.1 Å². The quantitative estimate of drug-likeness (QED) is 0.554. The minimum atomic E-state index is -1.66. The molecular weight excluding hydrogens is 520 g/mol. The summed E-state index contributed by atoms with van der Waals surface area (Å²) in [5, 5.41) is 0. The molecule has 2 aromatic rings. The predicted molar refractivity (Wildman–Crippen MR) is 141 cm³/mol. The van der Waals surface area contributed by atoms with Crippen LogP contribution < -0.4 is 28.4 Å². The highest BCUT2D eigenvalue weighted by Gasteiger charge is 2.39. The first-order valence-corrected chi connectivity index (χ1v) is 13.7. The van der Waals surface area contributed by atoms with E-state index in [1.807, 2.05) is 27.7 Å². The highest BCUT2D eigenvalue weighted by Crippen LogP contribution is 2.56. The molecule has 0 fully saturated rings. The highest BCUT2D eigenvalue weighted by atomic mass is 32.2. The number of benzene rings is 2. The van der Waals surface area contributed by atoms with Crippen molar-refractivity contribution in [3.05, 3.63) is 23.3 Å². The van der Waals surface area contributed by atoms with Crippen molar-refractivity contribution in [3.8, 4) is 45.6 Å². The third-order valence-electron chi connectivity index (χ3n) is 6.34. The summed E-state index contributed by atoms with van der Waals surface area (Å²) in [6, 6.07) is 3.48. The van der Waals surface area contributed by atoms with Gasteiger partial charge >= 0.3 is 0 Å². The van der Waals surface area contributed by atoms with Crippen LogP contribution in [0.15, 0.2) is 20.9 Å². The molecule has 3 aliphatic heterocycles. The molecule has 3 aliphatic rings. The van der Waals surface area contributed by atoms with Gasteiger partial charge in [-0.2, -0.15) is 8.80 Å². The Morgan fingerprint density at radius 3 is 1.46 bits per heavy atom. The van der Waals surface area contributed by atoms with E-state index in [0.717, 1.165) is 0 Å². The van der Waals surface area contributed by atoms with Crippen LogP contribution in [0.3, 0.4) is 0 Å². The summed E-state index contributed by atoms with van der Waals surface area (Å²) in [6.45, 7) is 7.30. The highest BCUT2D eigenvalue weighted by molar-refractivity contribution is 7.86. The second-order valence-electron chi connectivity index (χ2n) is 9.88. The lowest BCUT2D eigenvalue weighted by atomic mass is 9.92. The maximum Gasteiger partial charge on any atom is 0.231 e. The second-order valence-corrected chi connectivity index (χ2v) is 13.5. The van der Waals surface area contributed by atoms with Gasteiger partial charge in [0.2, 0.25) is 25.1 Å². The molecular formula is C25H28N2O8S2. The minimum absolute atomic E-state index is 0.0183. The number of hydrogen-bond acceptors (Lipinski definition) is 8. The average molecular weight is 549 g/mol. The number of nitrogens with zero attached hydrogens (tertiary/aromatic N) is 2. The van der Waals surface area contributed by atoms with Crippen LogP contribution in [0.2, 0.25) is 0 Å². The summed E-state index contributed by atoms with van der Waals surface area (Å²) >= 11 is 0. The maximum atomic E-state index is 13.4. The monoisotopic (exact) mass is 548 g/mol. The van der Waals surface area contributed by atoms with Gasteiger partial charge in [0.15, 0.2) is 23.0 Å². The van der Waals surface area contributed by atoms with E-state index in [4.69, 9.17) is 28.4 Å². The molecule has 0 amide bonds. The van der Waals surface area contributed by atoms with Gasteiger partial charge in [-0.25, -0.2) is 8.42 Å². The first-order valence-electron chi connectivity index (χ1n) is 11.5. The molecule has 12 heteroatoms. The van der Waals surface area contributed by atoms with Crippen LogP contribution in [-0.4, -0.2) is 58.1 Å². The van der Waals surface area contributed by atoms with Crippen molar-refractivity contribution in [2.24, 2.45) is 8.80 Å². The van der Waals surface area contributed by atoms with E-state index in [0.29, 0.717) is 63.2 Å². The molecule has 0 saturated heterocycles. The lowest BCUT2D eigenvalue weighted by Crippen LogP contribution is -2.38. The molecule has 198 valence electrons. The normalized spacial score (nSPS) is 22.8. The first-order chi connectivity index (χ1) is 17.6. The van der Waals surface area contributed by atoms with Crippen molar-refractivity contribution < 1.29 is 36.8 Å². The Balaban J connectivity index is 1.88. The Kier molecular flexibility index (Phi) is 6.43. The topological polar surface area (TPSA) is 114 Å². The smallest absolute Gasteiger partial charge is 0.231 e. The van der Waals surface area contributed by atoms with Crippen molar-refractivity contribution in [2.75, 3.05) is 27.8 Å². The van der Waals surface area contributed by atoms with Gasteiger partial charge in [0.05, 0.1) is 23.7 Å². The van der Waals surface area contributed by atoms with Gasteiger partial charge in [0, 0.05) is 34.7 Å². The number of methoxy groups -OCH3 is 2. The molecule has 0 saturated carbocycles. The summed E-state index contributed by atoms with van der Waals surface area (Å²) < 4.78 is 68.4. The molecule has 2 aromatic carbocycles. The fraction of sp³-hybridized carbons (Fsp3) is 0.440. The van der Waals surface area contributed by atoms with Crippen LogP contribution in [0.25, 0.3) is 11.1 Å². The molecule has 0 N–H and O–H groups in total. The van der Waals surface area contributed by atoms with Crippen LogP contribution in [0, 0.1) is 0 Å². The molecule has 0 aliphatic carbocycles. The first kappa shape index (κ1) is 25.5. The molecule has 3 heterocycles. The largest absolute Gasteiger partial charge is 0.493 e. The zero-order valence-electron chi connectivity index (χ0n) is 21.4. The molecule has 10 nitrogen and oxygen atoms in total. The van der Waals surface area contributed by atoms with E-state index in [2.05, 4.69) is 8.80 Å². The van der Waals surface area contributed by atoms with Crippen molar-refractivity contribution in [1.29, 1.82) is 0 Å². The lowest BCUT2D eigenvalue weighted by Gasteiger charge is -2.30. The summed E-state index contributed by atoms with van der Waals surface area (Å²) in [4.78, 5) is 0. The van der Waals surface area contributed by atoms with Gasteiger partial charge in [-0.1, -0.05) is 0 Å². The number of fused-ring (bicyclic) bond motifs is 7. The van der Waals surface area contributed by atoms with Gasteiger partial charge in [-0.3, -0.25) is 0 Å². The lowest BCUT2D eigenvalue weighted by molar-refractivity contribution is 0.170. The zero-order valence-corrected chi connectivity index (χ0v) is 23.0. The summed E-state index contributed by atoms with van der Waals surface area (Å²) in [6.07, 6.45) is 3.42. The molecule has 0 unspecified atom stereocenters. The van der Waals surface area contributed by atoms with Crippen LogP contribution in [0.4, 0.5) is 0 Å². The SMILES string of the molecule is COc1cc2c(c3c1OCO3)-c1c(cc(OC)c3c1OCO3)C=N[S@](=O)C(C)(C)CC(C)(C)[S@@](=O)N=C2. The molecule has 37 heavy (non-hydrogen) atoms. The summed E-state index contributed by atoms with van der Waals surface area (Å²) in [5.41, 5.74) is 2.23. The van der Waals surface area contributed by atoms with Gasteiger partial charge < -0.3 is 28.4 Å². The molecule has 5 rings (SSSR count). The Bertz CT molecular complexity index is 1280. The second kappa shape index (κ2) is 9.32. The molecule has 0 spiro atoms. The van der Waals surface area contributed by atoms with Crippen molar-refractivity contribution in [3.63, 3.8) is 0 Å². The predicted octanol–water partition coefficient (Wildman–Crippen LogP) is 3.95. The van der Waals surface area contributed by atoms with E-state index in [1.165, 1.54) is 26.6 Å². The van der Waals surface area contributed by atoms with Crippen molar-refractivity contribution >= 4 is 34.4 Å². The Hall–Kier alpha value is -3.12. The van der Waals surface area contributed by atoms with E-state index < -0.39 is 31.5 Å². The number of ether oxygens (including phenoxy) is 6. The number of rotatable bonds is 2. The van der Waals surface area contributed by atoms with E-state index in [-0.39, 0.29) is 13.6 Å². The molecule has 0 radical (unpaired) electrons. The van der Waals surface area contributed by atoms with Crippen molar-refractivity contribution in [1.82, 2.24) is 0 Å². The summed E-state index contributed by atoms with van der Waals surface area (Å²) in [5.74, 6) is 2.51. The average Bonchev–Trinajstić information content (AvgIpc) is 3.53. The minimum Gasteiger partial charge on any atom is -0.493 e. The van der Waals surface area contributed by atoms with Gasteiger partial charge in [-0.05, 0) is 46.2 Å². The Morgan fingerprint density at radius 2 is 1.08 bits per heavy atom.